The van der Waals surface area contributed by atoms with Crippen LogP contribution in [0.3, 0.4) is 0 Å². The summed E-state index contributed by atoms with van der Waals surface area (Å²) in [6.07, 6.45) is 0. The van der Waals surface area contributed by atoms with Crippen LogP contribution in [0.15, 0.2) is 30.3 Å². The molecule has 0 unspecified atom stereocenters. The summed E-state index contributed by atoms with van der Waals surface area (Å²) in [5.74, 6) is 1.82. The van der Waals surface area contributed by atoms with Gasteiger partial charge in [0, 0.05) is 36.0 Å². The van der Waals surface area contributed by atoms with Gasteiger partial charge in [0.1, 0.15) is 11.6 Å². The predicted molar refractivity (Wildman–Crippen MR) is 101 cm³/mol. The van der Waals surface area contributed by atoms with Gasteiger partial charge in [-0.1, -0.05) is 12.1 Å². The second-order valence-corrected chi connectivity index (χ2v) is 6.43. The maximum atomic E-state index is 5.32. The van der Waals surface area contributed by atoms with Gasteiger partial charge in [0.15, 0.2) is 5.65 Å². The van der Waals surface area contributed by atoms with Gasteiger partial charge >= 0.3 is 0 Å². The lowest BCUT2D eigenvalue weighted by Crippen LogP contribution is -2.22. The van der Waals surface area contributed by atoms with E-state index in [1.54, 1.807) is 7.11 Å². The number of likely N-dealkylation sites (N-methyl/N-ethyl adjacent to an activating group) is 1. The Kier molecular flexibility index (Phi) is 4.90. The van der Waals surface area contributed by atoms with E-state index >= 15 is 0 Å². The lowest BCUT2D eigenvalue weighted by Gasteiger charge is -2.15. The minimum Gasteiger partial charge on any atom is -0.497 e. The van der Waals surface area contributed by atoms with Crippen molar-refractivity contribution < 1.29 is 4.74 Å². The molecule has 6 heteroatoms. The molecular formula is C19H25N5O. The summed E-state index contributed by atoms with van der Waals surface area (Å²) in [5.41, 5.74) is 4.86. The van der Waals surface area contributed by atoms with Crippen LogP contribution in [0.25, 0.3) is 16.9 Å². The minimum absolute atomic E-state index is 0.819. The molecule has 0 aliphatic carbocycles. The second kappa shape index (κ2) is 7.11. The van der Waals surface area contributed by atoms with Crippen LogP contribution < -0.4 is 10.1 Å². The molecule has 0 spiro atoms. The number of nitrogens with one attached hydrogen (secondary N) is 1. The highest BCUT2D eigenvalue weighted by Gasteiger charge is 2.13. The molecule has 132 valence electrons. The van der Waals surface area contributed by atoms with Crippen molar-refractivity contribution in [3.05, 3.63) is 41.6 Å². The van der Waals surface area contributed by atoms with Gasteiger partial charge in [0.05, 0.1) is 12.8 Å². The molecule has 6 nitrogen and oxygen atoms in total. The SMILES string of the molecule is COc1cccc(-c2cc3nc(C)c(C)c(NCCN(C)C)n3n2)c1. The molecule has 0 radical (unpaired) electrons. The summed E-state index contributed by atoms with van der Waals surface area (Å²) < 4.78 is 7.22. The molecule has 0 atom stereocenters. The summed E-state index contributed by atoms with van der Waals surface area (Å²) in [6.45, 7) is 5.91. The molecule has 2 heterocycles. The number of methoxy groups -OCH3 is 1. The van der Waals surface area contributed by atoms with E-state index in [0.29, 0.717) is 0 Å². The van der Waals surface area contributed by atoms with Crippen LogP contribution in [0, 0.1) is 13.8 Å². The highest BCUT2D eigenvalue weighted by molar-refractivity contribution is 5.67. The van der Waals surface area contributed by atoms with Crippen molar-refractivity contribution in [3.63, 3.8) is 0 Å². The zero-order valence-corrected chi connectivity index (χ0v) is 15.5. The Morgan fingerprint density at radius 2 is 2.00 bits per heavy atom. The summed E-state index contributed by atoms with van der Waals surface area (Å²) in [7, 11) is 5.80. The lowest BCUT2D eigenvalue weighted by molar-refractivity contribution is 0.415. The average Bonchev–Trinajstić information content (AvgIpc) is 3.01. The maximum absolute atomic E-state index is 5.32. The van der Waals surface area contributed by atoms with Crippen LogP contribution in [0.2, 0.25) is 0 Å². The molecule has 0 bridgehead atoms. The zero-order valence-electron chi connectivity index (χ0n) is 15.5. The molecule has 0 saturated carbocycles. The molecule has 1 aromatic carbocycles. The summed E-state index contributed by atoms with van der Waals surface area (Å²) >= 11 is 0. The fourth-order valence-corrected chi connectivity index (χ4v) is 2.73. The number of benzene rings is 1. The van der Waals surface area contributed by atoms with Gasteiger partial charge in [-0.3, -0.25) is 0 Å². The highest BCUT2D eigenvalue weighted by atomic mass is 16.5. The van der Waals surface area contributed by atoms with Gasteiger partial charge in [0.2, 0.25) is 0 Å². The Bertz CT molecular complexity index is 885. The van der Waals surface area contributed by atoms with Gasteiger partial charge < -0.3 is 15.0 Å². The second-order valence-electron chi connectivity index (χ2n) is 6.43. The number of hydrogen-bond acceptors (Lipinski definition) is 5. The third-order valence-electron chi connectivity index (χ3n) is 4.30. The number of rotatable bonds is 6. The molecular weight excluding hydrogens is 314 g/mol. The third-order valence-corrected chi connectivity index (χ3v) is 4.30. The quantitative estimate of drug-likeness (QED) is 0.748. The van der Waals surface area contributed by atoms with Crippen LogP contribution in [-0.2, 0) is 0 Å². The van der Waals surface area contributed by atoms with Crippen LogP contribution in [0.4, 0.5) is 5.82 Å². The largest absolute Gasteiger partial charge is 0.497 e. The van der Waals surface area contributed by atoms with Crippen molar-refractivity contribution in [2.75, 3.05) is 39.6 Å². The smallest absolute Gasteiger partial charge is 0.158 e. The fourth-order valence-electron chi connectivity index (χ4n) is 2.73. The Morgan fingerprint density at radius 3 is 2.72 bits per heavy atom. The van der Waals surface area contributed by atoms with E-state index in [2.05, 4.69) is 36.2 Å². The van der Waals surface area contributed by atoms with Crippen molar-refractivity contribution in [1.29, 1.82) is 0 Å². The van der Waals surface area contributed by atoms with Crippen LogP contribution in [0.5, 0.6) is 5.75 Å². The molecule has 0 aliphatic rings. The molecule has 2 aromatic heterocycles. The molecule has 3 aromatic rings. The first kappa shape index (κ1) is 17.2. The van der Waals surface area contributed by atoms with Gasteiger partial charge in [0.25, 0.3) is 0 Å². The average molecular weight is 339 g/mol. The maximum Gasteiger partial charge on any atom is 0.158 e. The van der Waals surface area contributed by atoms with E-state index in [-0.39, 0.29) is 0 Å². The zero-order chi connectivity index (χ0) is 18.0. The molecule has 25 heavy (non-hydrogen) atoms. The van der Waals surface area contributed by atoms with Gasteiger partial charge in [-0.05, 0) is 40.1 Å². The normalized spacial score (nSPS) is 11.3. The summed E-state index contributed by atoms with van der Waals surface area (Å²) in [5, 5.41) is 8.29. The standard InChI is InChI=1S/C19H25N5O/c1-13-14(2)21-18-12-17(15-7-6-8-16(11-15)25-5)22-24(18)19(13)20-9-10-23(3)4/h6-8,11-12,20H,9-10H2,1-5H3. The Morgan fingerprint density at radius 1 is 1.20 bits per heavy atom. The van der Waals surface area contributed by atoms with Gasteiger partial charge in [-0.25, -0.2) is 4.98 Å². The Hall–Kier alpha value is -2.60. The number of aryl methyl sites for hydroxylation is 1. The Balaban J connectivity index is 2.03. The van der Waals surface area contributed by atoms with Crippen molar-refractivity contribution in [1.82, 2.24) is 19.5 Å². The minimum atomic E-state index is 0.819. The predicted octanol–water partition coefficient (Wildman–Crippen LogP) is 3.00. The van der Waals surface area contributed by atoms with E-state index in [9.17, 15) is 0 Å². The van der Waals surface area contributed by atoms with E-state index in [1.165, 1.54) is 0 Å². The Labute approximate surface area is 148 Å². The van der Waals surface area contributed by atoms with Crippen molar-refractivity contribution >= 4 is 11.5 Å². The van der Waals surface area contributed by atoms with E-state index in [0.717, 1.165) is 52.8 Å². The number of nitrogens with zero attached hydrogens (tertiary/aromatic N) is 4. The van der Waals surface area contributed by atoms with Gasteiger partial charge in [-0.15, -0.1) is 0 Å². The number of aromatic nitrogens is 3. The number of hydrogen-bond donors (Lipinski definition) is 1. The number of ether oxygens (including phenoxy) is 1. The lowest BCUT2D eigenvalue weighted by atomic mass is 10.1. The molecule has 0 aliphatic heterocycles. The van der Waals surface area contributed by atoms with E-state index < -0.39 is 0 Å². The topological polar surface area (TPSA) is 54.7 Å². The first-order chi connectivity index (χ1) is 12.0. The number of anilines is 1. The molecule has 0 amide bonds. The van der Waals surface area contributed by atoms with Crippen molar-refractivity contribution in [3.8, 4) is 17.0 Å². The van der Waals surface area contributed by atoms with E-state index in [1.807, 2.05) is 41.8 Å². The molecule has 3 rings (SSSR count). The monoisotopic (exact) mass is 339 g/mol. The number of fused-ring (bicyclic) bond motifs is 1. The highest BCUT2D eigenvalue weighted by Crippen LogP contribution is 2.26. The summed E-state index contributed by atoms with van der Waals surface area (Å²) in [6, 6.07) is 9.93. The molecule has 0 saturated heterocycles. The summed E-state index contributed by atoms with van der Waals surface area (Å²) in [4.78, 5) is 6.84. The van der Waals surface area contributed by atoms with Crippen LogP contribution >= 0.6 is 0 Å². The van der Waals surface area contributed by atoms with Crippen LogP contribution in [-0.4, -0.2) is 53.8 Å². The molecule has 1 N–H and O–H groups in total. The van der Waals surface area contributed by atoms with Crippen LogP contribution in [0.1, 0.15) is 11.3 Å². The van der Waals surface area contributed by atoms with Gasteiger partial charge in [-0.2, -0.15) is 9.61 Å². The molecule has 0 fully saturated rings. The van der Waals surface area contributed by atoms with E-state index in [4.69, 9.17) is 9.84 Å². The third kappa shape index (κ3) is 3.58. The van der Waals surface area contributed by atoms with Crippen molar-refractivity contribution in [2.45, 2.75) is 13.8 Å². The first-order valence-corrected chi connectivity index (χ1v) is 8.39. The first-order valence-electron chi connectivity index (χ1n) is 8.39. The van der Waals surface area contributed by atoms with Crippen molar-refractivity contribution in [2.24, 2.45) is 0 Å². The fraction of sp³-hybridized carbons (Fsp3) is 0.368.